The Morgan fingerprint density at radius 2 is 2.27 bits per heavy atom. The second-order valence-electron chi connectivity index (χ2n) is 2.62. The number of H-pyrrole nitrogens is 1. The summed E-state index contributed by atoms with van der Waals surface area (Å²) < 4.78 is 0. The van der Waals surface area contributed by atoms with E-state index in [1.165, 1.54) is 0 Å². The molecule has 0 atom stereocenters. The summed E-state index contributed by atoms with van der Waals surface area (Å²) in [5.74, 6) is 0.891. The van der Waals surface area contributed by atoms with Crippen LogP contribution in [0.2, 0.25) is 0 Å². The molecule has 3 nitrogen and oxygen atoms in total. The fraction of sp³-hybridized carbons (Fsp3) is 0. The lowest BCUT2D eigenvalue weighted by Crippen LogP contribution is -2.18. The topological polar surface area (TPSA) is 37.0 Å². The van der Waals surface area contributed by atoms with Crippen LogP contribution in [0.5, 0.6) is 0 Å². The highest BCUT2D eigenvalue weighted by Gasteiger charge is 2.15. The van der Waals surface area contributed by atoms with E-state index in [1.807, 2.05) is 24.4 Å². The van der Waals surface area contributed by atoms with E-state index in [4.69, 9.17) is 4.84 Å². The van der Waals surface area contributed by atoms with Gasteiger partial charge in [0.1, 0.15) is 0 Å². The van der Waals surface area contributed by atoms with Gasteiger partial charge < -0.3 is 9.82 Å². The minimum absolute atomic E-state index is 0.891. The van der Waals surface area contributed by atoms with Crippen LogP contribution in [0.1, 0.15) is 0 Å². The van der Waals surface area contributed by atoms with E-state index in [0.717, 1.165) is 22.0 Å². The van der Waals surface area contributed by atoms with E-state index >= 15 is 0 Å². The molecule has 0 fully saturated rings. The molecular weight excluding hydrogens is 140 g/mol. The quantitative estimate of drug-likeness (QED) is 0.509. The molecule has 1 aromatic heterocycles. The minimum atomic E-state index is 0.891. The average Bonchev–Trinajstić information content (AvgIpc) is 2.58. The van der Waals surface area contributed by atoms with Gasteiger partial charge in [0.05, 0.1) is 5.35 Å². The zero-order valence-corrected chi connectivity index (χ0v) is 5.72. The Hall–Kier alpha value is -1.64. The first-order valence-corrected chi connectivity index (χ1v) is 3.47. The molecule has 2 N–H and O–H groups in total. The molecule has 2 aliphatic rings. The SMILES string of the molecule is C1=C2C=c3ccc([nH]3)=C2ON1. The molecule has 1 aromatic rings. The molecule has 3 heteroatoms. The normalized spacial score (nSPS) is 17.8. The maximum Gasteiger partial charge on any atom is 0.187 e. The standard InChI is InChI=1S/C8H6N2O/c1-2-7-8-5(4-9-11-8)3-6(1)10-7/h1-4,9-10H. The molecule has 0 saturated heterocycles. The summed E-state index contributed by atoms with van der Waals surface area (Å²) >= 11 is 0. The Kier molecular flexibility index (Phi) is 0.692. The summed E-state index contributed by atoms with van der Waals surface area (Å²) in [7, 11) is 0. The van der Waals surface area contributed by atoms with Gasteiger partial charge in [0.25, 0.3) is 0 Å². The highest BCUT2D eigenvalue weighted by molar-refractivity contribution is 5.75. The number of nitrogens with one attached hydrogen (secondary N) is 2. The number of rotatable bonds is 0. The van der Waals surface area contributed by atoms with E-state index in [9.17, 15) is 0 Å². The Morgan fingerprint density at radius 1 is 1.27 bits per heavy atom. The van der Waals surface area contributed by atoms with Crippen LogP contribution in [-0.2, 0) is 4.84 Å². The van der Waals surface area contributed by atoms with Crippen molar-refractivity contribution < 1.29 is 4.84 Å². The molecule has 0 unspecified atom stereocenters. The highest BCUT2D eigenvalue weighted by atomic mass is 16.7. The Balaban J connectivity index is 2.55. The van der Waals surface area contributed by atoms with E-state index in [1.54, 1.807) is 0 Å². The fourth-order valence-electron chi connectivity index (χ4n) is 1.39. The van der Waals surface area contributed by atoms with Crippen molar-refractivity contribution >= 4 is 11.8 Å². The van der Waals surface area contributed by atoms with E-state index in [2.05, 4.69) is 10.5 Å². The summed E-state index contributed by atoms with van der Waals surface area (Å²) in [6.45, 7) is 0. The first-order chi connectivity index (χ1) is 5.43. The number of hydrogen-bond donors (Lipinski definition) is 2. The summed E-state index contributed by atoms with van der Waals surface area (Å²) in [4.78, 5) is 8.35. The second kappa shape index (κ2) is 1.50. The first-order valence-electron chi connectivity index (χ1n) is 3.47. The van der Waals surface area contributed by atoms with Crippen molar-refractivity contribution in [3.05, 3.63) is 34.6 Å². The maximum atomic E-state index is 5.17. The smallest absolute Gasteiger partial charge is 0.187 e. The van der Waals surface area contributed by atoms with Gasteiger partial charge in [0.15, 0.2) is 5.76 Å². The molecule has 0 radical (unpaired) electrons. The van der Waals surface area contributed by atoms with Crippen molar-refractivity contribution in [2.45, 2.75) is 0 Å². The second-order valence-corrected chi connectivity index (χ2v) is 2.62. The van der Waals surface area contributed by atoms with Crippen molar-refractivity contribution in [1.82, 2.24) is 10.5 Å². The van der Waals surface area contributed by atoms with Gasteiger partial charge in [-0.3, -0.25) is 0 Å². The molecular formula is C8H6N2O. The van der Waals surface area contributed by atoms with Crippen molar-refractivity contribution in [3.8, 4) is 0 Å². The number of aromatic nitrogens is 1. The van der Waals surface area contributed by atoms with Crippen LogP contribution in [-0.4, -0.2) is 4.98 Å². The average molecular weight is 146 g/mol. The van der Waals surface area contributed by atoms with Gasteiger partial charge in [-0.2, -0.15) is 0 Å². The summed E-state index contributed by atoms with van der Waals surface area (Å²) in [6.07, 6.45) is 3.89. The van der Waals surface area contributed by atoms with Crippen LogP contribution in [0.15, 0.2) is 23.9 Å². The molecule has 3 heterocycles. The van der Waals surface area contributed by atoms with Crippen LogP contribution in [0, 0.1) is 0 Å². The van der Waals surface area contributed by atoms with Gasteiger partial charge in [-0.1, -0.05) is 0 Å². The third-order valence-corrected chi connectivity index (χ3v) is 1.90. The third-order valence-electron chi connectivity index (χ3n) is 1.90. The van der Waals surface area contributed by atoms with Gasteiger partial charge in [0, 0.05) is 17.1 Å². The lowest BCUT2D eigenvalue weighted by molar-refractivity contribution is 0.216. The molecule has 0 aliphatic carbocycles. The van der Waals surface area contributed by atoms with Gasteiger partial charge in [0.2, 0.25) is 0 Å². The molecule has 0 saturated carbocycles. The monoisotopic (exact) mass is 146 g/mol. The van der Waals surface area contributed by atoms with Gasteiger partial charge in [-0.05, 0) is 18.2 Å². The summed E-state index contributed by atoms with van der Waals surface area (Å²) in [5, 5.41) is 2.17. The third kappa shape index (κ3) is 0.526. The largest absolute Gasteiger partial charge is 0.380 e. The minimum Gasteiger partial charge on any atom is -0.380 e. The molecule has 0 amide bonds. The lowest BCUT2D eigenvalue weighted by Gasteiger charge is -1.99. The molecule has 54 valence electrons. The highest BCUT2D eigenvalue weighted by Crippen LogP contribution is 2.17. The van der Waals surface area contributed by atoms with E-state index in [-0.39, 0.29) is 0 Å². The van der Waals surface area contributed by atoms with Gasteiger partial charge in [-0.25, -0.2) is 5.48 Å². The van der Waals surface area contributed by atoms with Crippen LogP contribution >= 0.6 is 0 Å². The van der Waals surface area contributed by atoms with Gasteiger partial charge >= 0.3 is 0 Å². The Morgan fingerprint density at radius 3 is 3.27 bits per heavy atom. The Bertz CT molecular complexity index is 453. The molecule has 0 aromatic carbocycles. The van der Waals surface area contributed by atoms with Crippen LogP contribution in [0.4, 0.5) is 0 Å². The maximum absolute atomic E-state index is 5.17. The zero-order chi connectivity index (χ0) is 7.26. The zero-order valence-electron chi connectivity index (χ0n) is 5.72. The molecule has 11 heavy (non-hydrogen) atoms. The number of fused-ring (bicyclic) bond motifs is 3. The summed E-state index contributed by atoms with van der Waals surface area (Å²) in [5.41, 5.74) is 3.82. The van der Waals surface area contributed by atoms with Crippen molar-refractivity contribution in [2.24, 2.45) is 0 Å². The van der Waals surface area contributed by atoms with Gasteiger partial charge in [-0.15, -0.1) is 0 Å². The predicted molar refractivity (Wildman–Crippen MR) is 40.2 cm³/mol. The first kappa shape index (κ1) is 5.07. The van der Waals surface area contributed by atoms with Crippen LogP contribution in [0.3, 0.4) is 0 Å². The molecule has 2 bridgehead atoms. The lowest BCUT2D eigenvalue weighted by atomic mass is 10.2. The van der Waals surface area contributed by atoms with E-state index in [0.29, 0.717) is 0 Å². The molecule has 2 aliphatic heterocycles. The fourth-order valence-corrected chi connectivity index (χ4v) is 1.39. The van der Waals surface area contributed by atoms with Crippen molar-refractivity contribution in [2.75, 3.05) is 0 Å². The number of hydrogen-bond acceptors (Lipinski definition) is 2. The van der Waals surface area contributed by atoms with Crippen molar-refractivity contribution in [3.63, 3.8) is 0 Å². The molecule has 3 rings (SSSR count). The van der Waals surface area contributed by atoms with Crippen LogP contribution < -0.4 is 16.2 Å². The van der Waals surface area contributed by atoms with Crippen LogP contribution in [0.25, 0.3) is 11.8 Å². The summed E-state index contributed by atoms with van der Waals surface area (Å²) in [6, 6.07) is 4.04. The Labute approximate surface area is 62.6 Å². The van der Waals surface area contributed by atoms with Crippen molar-refractivity contribution in [1.29, 1.82) is 0 Å². The number of hydroxylamine groups is 1. The number of aromatic amines is 1. The predicted octanol–water partition coefficient (Wildman–Crippen LogP) is -0.664. The van der Waals surface area contributed by atoms with E-state index < -0.39 is 0 Å². The molecule has 0 spiro atoms.